The lowest BCUT2D eigenvalue weighted by molar-refractivity contribution is -0.543. The van der Waals surface area contributed by atoms with Gasteiger partial charge in [-0.3, -0.25) is 9.47 Å². The van der Waals surface area contributed by atoms with Gasteiger partial charge in [0.2, 0.25) is 0 Å². The Morgan fingerprint density at radius 1 is 0.727 bits per heavy atom. The summed E-state index contributed by atoms with van der Waals surface area (Å²) in [4.78, 5) is 23.9. The molecule has 1 aromatic rings. The van der Waals surface area contributed by atoms with Crippen LogP contribution in [0.4, 0.5) is 70.2 Å². The van der Waals surface area contributed by atoms with Crippen LogP contribution in [0.2, 0.25) is 0 Å². The van der Waals surface area contributed by atoms with Crippen LogP contribution in [0.1, 0.15) is 34.6 Å². The monoisotopic (exact) mass is 686 g/mol. The highest BCUT2D eigenvalue weighted by molar-refractivity contribution is 5.98. The minimum absolute atomic E-state index is 0.0591. The molecule has 0 radical (unpaired) electrons. The third-order valence-electron chi connectivity index (χ3n) is 4.58. The van der Waals surface area contributed by atoms with Gasteiger partial charge in [0.05, 0.1) is 13.2 Å². The van der Waals surface area contributed by atoms with Gasteiger partial charge in [-0.15, -0.1) is 0 Å². The Kier molecular flexibility index (Phi) is 11.0. The number of ether oxygens (including phenoxy) is 5. The van der Waals surface area contributed by atoms with Crippen molar-refractivity contribution in [1.29, 1.82) is 0 Å². The first-order valence-corrected chi connectivity index (χ1v) is 10.8. The number of carbonyl (C=O) groups excluding carboxylic acids is 2. The van der Waals surface area contributed by atoms with E-state index in [1.807, 2.05) is 0 Å². The number of esters is 2. The lowest BCUT2D eigenvalue weighted by atomic mass is 10.1. The van der Waals surface area contributed by atoms with E-state index in [2.05, 4.69) is 18.9 Å². The Balaban J connectivity index is 3.60. The number of phenolic OH excluding ortho intramolecular Hbond substituents is 1. The fraction of sp³-hybridized carbons (Fsp3) is 0.600. The first kappa shape index (κ1) is 38.6. The molecule has 0 aliphatic heterocycles. The summed E-state index contributed by atoms with van der Waals surface area (Å²) in [6, 6.07) is 0.0573. The van der Waals surface area contributed by atoms with E-state index in [1.54, 1.807) is 0 Å². The van der Waals surface area contributed by atoms with Crippen LogP contribution < -0.4 is 4.74 Å². The van der Waals surface area contributed by atoms with Gasteiger partial charge in [-0.05, 0) is 26.0 Å². The first-order valence-electron chi connectivity index (χ1n) is 10.8. The van der Waals surface area contributed by atoms with Gasteiger partial charge in [-0.25, -0.2) is 14.0 Å². The van der Waals surface area contributed by atoms with E-state index in [4.69, 9.17) is 0 Å². The van der Waals surface area contributed by atoms with Gasteiger partial charge in [0.15, 0.2) is 0 Å². The predicted octanol–water partition coefficient (Wildman–Crippen LogP) is 6.66. The number of rotatable bonds is 13. The summed E-state index contributed by atoms with van der Waals surface area (Å²) in [5, 5.41) is 9.86. The molecule has 1 N–H and O–H groups in total. The predicted molar refractivity (Wildman–Crippen MR) is 103 cm³/mol. The molecule has 0 spiro atoms. The van der Waals surface area contributed by atoms with E-state index >= 15 is 0 Å². The molecule has 0 heterocycles. The summed E-state index contributed by atoms with van der Waals surface area (Å²) in [6.07, 6.45) is -42.7. The SMILES string of the molecule is CCOC(=O)c1cc(OC(F)(F)C(F)OC(F)(F)C(F)(OC(F)(F)C(F)(F)C(F)(F)F)C(F)(F)F)c(C(=O)OCC)cc1O. The maximum Gasteiger partial charge on any atom is 0.462 e. The van der Waals surface area contributed by atoms with Crippen molar-refractivity contribution < 1.29 is 109 Å². The largest absolute Gasteiger partial charge is 0.507 e. The van der Waals surface area contributed by atoms with Crippen LogP contribution in [0.15, 0.2) is 12.1 Å². The van der Waals surface area contributed by atoms with Crippen LogP contribution in [0, 0.1) is 0 Å². The molecule has 254 valence electrons. The molecule has 44 heavy (non-hydrogen) atoms. The second kappa shape index (κ2) is 12.5. The second-order valence-corrected chi connectivity index (χ2v) is 7.71. The third kappa shape index (κ3) is 7.61. The van der Waals surface area contributed by atoms with Crippen molar-refractivity contribution in [2.24, 2.45) is 0 Å². The molecule has 2 atom stereocenters. The Bertz CT molecular complexity index is 1200. The minimum atomic E-state index is -7.91. The zero-order valence-corrected chi connectivity index (χ0v) is 21.0. The molecule has 1 rings (SSSR count). The van der Waals surface area contributed by atoms with Crippen molar-refractivity contribution in [3.63, 3.8) is 0 Å². The molecule has 2 unspecified atom stereocenters. The van der Waals surface area contributed by atoms with Crippen molar-refractivity contribution in [1.82, 2.24) is 0 Å². The summed E-state index contributed by atoms with van der Waals surface area (Å²) in [5.74, 6) is -22.1. The van der Waals surface area contributed by atoms with Gasteiger partial charge in [0.25, 0.3) is 0 Å². The zero-order chi connectivity index (χ0) is 34.9. The molecule has 0 fully saturated rings. The standard InChI is InChI=1S/C20H14F16O8/c1-3-40-11(38)7-6-10(8(5-9(7)37)12(39)41-4-2)42-14(22,23)13(21)43-20(35,36)16(26,18(30,31)32)44-19(33,34)15(24,25)17(27,28)29/h5-6,13,37H,3-4H2,1-2H3. The van der Waals surface area contributed by atoms with E-state index in [0.717, 1.165) is 6.92 Å². The van der Waals surface area contributed by atoms with Gasteiger partial charge in [-0.1, -0.05) is 0 Å². The van der Waals surface area contributed by atoms with Crippen LogP contribution in [0.25, 0.3) is 0 Å². The molecule has 0 aromatic heterocycles. The molecular formula is C20H14F16O8. The Hall–Kier alpha value is -3.44. The zero-order valence-electron chi connectivity index (χ0n) is 21.0. The van der Waals surface area contributed by atoms with Gasteiger partial charge in [-0.2, -0.15) is 65.9 Å². The Labute approximate surface area is 232 Å². The molecule has 0 saturated heterocycles. The van der Waals surface area contributed by atoms with E-state index in [-0.39, 0.29) is 12.1 Å². The van der Waals surface area contributed by atoms with Crippen molar-refractivity contribution in [3.05, 3.63) is 23.3 Å². The average Bonchev–Trinajstić information content (AvgIpc) is 2.82. The van der Waals surface area contributed by atoms with Gasteiger partial charge in [0, 0.05) is 0 Å². The lowest BCUT2D eigenvalue weighted by Gasteiger charge is -2.38. The van der Waals surface area contributed by atoms with E-state index < -0.39 is 96.6 Å². The maximum atomic E-state index is 14.4. The van der Waals surface area contributed by atoms with Crippen LogP contribution in [0.5, 0.6) is 11.5 Å². The summed E-state index contributed by atoms with van der Waals surface area (Å²) < 4.78 is 229. The van der Waals surface area contributed by atoms with Crippen LogP contribution >= 0.6 is 0 Å². The quantitative estimate of drug-likeness (QED) is 0.182. The highest BCUT2D eigenvalue weighted by Crippen LogP contribution is 2.55. The number of alkyl halides is 16. The molecular weight excluding hydrogens is 672 g/mol. The number of halogens is 16. The minimum Gasteiger partial charge on any atom is -0.507 e. The summed E-state index contributed by atoms with van der Waals surface area (Å²) in [7, 11) is 0. The van der Waals surface area contributed by atoms with Crippen molar-refractivity contribution in [3.8, 4) is 11.5 Å². The molecule has 8 nitrogen and oxygen atoms in total. The Morgan fingerprint density at radius 3 is 1.59 bits per heavy atom. The van der Waals surface area contributed by atoms with Gasteiger partial charge in [0.1, 0.15) is 22.6 Å². The van der Waals surface area contributed by atoms with Crippen LogP contribution in [-0.4, -0.2) is 79.1 Å². The fourth-order valence-corrected chi connectivity index (χ4v) is 2.55. The Morgan fingerprint density at radius 2 is 1.18 bits per heavy atom. The molecule has 24 heteroatoms. The van der Waals surface area contributed by atoms with Crippen molar-refractivity contribution in [2.45, 2.75) is 62.7 Å². The van der Waals surface area contributed by atoms with Crippen LogP contribution in [0.3, 0.4) is 0 Å². The fourth-order valence-electron chi connectivity index (χ4n) is 2.55. The van der Waals surface area contributed by atoms with Crippen molar-refractivity contribution in [2.75, 3.05) is 13.2 Å². The molecule has 0 saturated carbocycles. The van der Waals surface area contributed by atoms with E-state index in [1.165, 1.54) is 11.7 Å². The highest BCUT2D eigenvalue weighted by atomic mass is 19.4. The molecule has 0 bridgehead atoms. The number of hydrogen-bond acceptors (Lipinski definition) is 8. The molecule has 1 aromatic carbocycles. The topological polar surface area (TPSA) is 101 Å². The number of hydrogen-bond donors (Lipinski definition) is 1. The second-order valence-electron chi connectivity index (χ2n) is 7.71. The summed E-state index contributed by atoms with van der Waals surface area (Å²) in [5.41, 5.74) is -2.56. The smallest absolute Gasteiger partial charge is 0.462 e. The highest BCUT2D eigenvalue weighted by Gasteiger charge is 2.84. The van der Waals surface area contributed by atoms with E-state index in [0.29, 0.717) is 0 Å². The molecule has 0 aliphatic carbocycles. The summed E-state index contributed by atoms with van der Waals surface area (Å²) >= 11 is 0. The molecule has 0 aliphatic rings. The van der Waals surface area contributed by atoms with Crippen molar-refractivity contribution >= 4 is 11.9 Å². The first-order chi connectivity index (χ1) is 19.5. The normalized spacial score (nSPS) is 15.8. The summed E-state index contributed by atoms with van der Waals surface area (Å²) in [6.45, 7) is 1.26. The maximum absolute atomic E-state index is 14.4. The number of carbonyl (C=O) groups is 2. The number of phenols is 1. The number of benzene rings is 1. The van der Waals surface area contributed by atoms with E-state index in [9.17, 15) is 84.9 Å². The van der Waals surface area contributed by atoms with Gasteiger partial charge >= 0.3 is 60.8 Å². The van der Waals surface area contributed by atoms with Gasteiger partial charge < -0.3 is 19.3 Å². The molecule has 0 amide bonds. The average molecular weight is 686 g/mol. The lowest BCUT2D eigenvalue weighted by Crippen LogP contribution is -2.66. The number of aromatic hydroxyl groups is 1. The van der Waals surface area contributed by atoms with Crippen LogP contribution in [-0.2, 0) is 18.9 Å². The third-order valence-corrected chi connectivity index (χ3v) is 4.58.